The minimum atomic E-state index is -4.36. The number of nitrogen functional groups attached to an aromatic ring is 1. The minimum absolute atomic E-state index is 0.170. The number of amides is 1. The van der Waals surface area contributed by atoms with Crippen LogP contribution in [0, 0.1) is 10.1 Å². The van der Waals surface area contributed by atoms with E-state index in [1.54, 1.807) is 12.1 Å². The molecule has 1 atom stereocenters. The highest BCUT2D eigenvalue weighted by Gasteiger charge is 2.32. The number of halogens is 1. The van der Waals surface area contributed by atoms with Gasteiger partial charge in [0.1, 0.15) is 5.69 Å². The first-order valence-electron chi connectivity index (χ1n) is 14.2. The number of fused-ring (bicyclic) bond motifs is 3. The fraction of sp³-hybridized carbons (Fsp3) is 0.219. The molecule has 1 amide bonds. The van der Waals surface area contributed by atoms with Crippen LogP contribution in [0.3, 0.4) is 0 Å². The van der Waals surface area contributed by atoms with E-state index < -0.39 is 31.4 Å². The lowest BCUT2D eigenvalue weighted by atomic mass is 9.92. The van der Waals surface area contributed by atoms with E-state index in [9.17, 15) is 23.3 Å². The van der Waals surface area contributed by atoms with Gasteiger partial charge in [0.05, 0.1) is 9.82 Å². The normalized spacial score (nSPS) is 16.6. The summed E-state index contributed by atoms with van der Waals surface area (Å²) in [4.78, 5) is 27.8. The summed E-state index contributed by atoms with van der Waals surface area (Å²) in [6, 6.07) is 25.0. The number of anilines is 2. The molecule has 2 aliphatic rings. The molecule has 1 saturated heterocycles. The van der Waals surface area contributed by atoms with Crippen molar-refractivity contribution in [1.29, 1.82) is 0 Å². The van der Waals surface area contributed by atoms with Crippen molar-refractivity contribution in [3.8, 4) is 11.1 Å². The van der Waals surface area contributed by atoms with Gasteiger partial charge in [-0.2, -0.15) is 0 Å². The molecule has 0 aliphatic carbocycles. The van der Waals surface area contributed by atoms with Gasteiger partial charge in [-0.1, -0.05) is 48.0 Å². The Morgan fingerprint density at radius 1 is 1.02 bits per heavy atom. The van der Waals surface area contributed by atoms with Crippen LogP contribution in [0.2, 0.25) is 5.02 Å². The monoisotopic (exact) mass is 631 g/mol. The molecule has 4 aromatic carbocycles. The first-order valence-corrected chi connectivity index (χ1v) is 16.0. The van der Waals surface area contributed by atoms with E-state index in [0.717, 1.165) is 74.0 Å². The third-order valence-corrected chi connectivity index (χ3v) is 9.85. The van der Waals surface area contributed by atoms with Crippen molar-refractivity contribution >= 4 is 44.6 Å². The number of rotatable bonds is 7. The predicted octanol–water partition coefficient (Wildman–Crippen LogP) is 5.25. The van der Waals surface area contributed by atoms with Gasteiger partial charge in [-0.3, -0.25) is 19.8 Å². The van der Waals surface area contributed by atoms with E-state index in [1.165, 1.54) is 11.1 Å². The summed E-state index contributed by atoms with van der Waals surface area (Å²) in [6.07, 6.45) is 1.66. The first kappa shape index (κ1) is 29.6. The molecule has 2 aliphatic heterocycles. The van der Waals surface area contributed by atoms with Crippen LogP contribution in [0.25, 0.3) is 11.1 Å². The maximum absolute atomic E-state index is 13.0. The molecule has 226 valence electrons. The maximum Gasteiger partial charge on any atom is 0.293 e. The van der Waals surface area contributed by atoms with Crippen molar-refractivity contribution in [2.24, 2.45) is 0 Å². The number of carbonyl (C=O) groups excluding carboxylic acids is 1. The average molecular weight is 632 g/mol. The van der Waals surface area contributed by atoms with E-state index in [2.05, 4.69) is 34.1 Å². The van der Waals surface area contributed by atoms with Gasteiger partial charge in [-0.05, 0) is 77.6 Å². The second-order valence-corrected chi connectivity index (χ2v) is 13.2. The summed E-state index contributed by atoms with van der Waals surface area (Å²) >= 11 is 6.11. The molecule has 1 fully saturated rings. The fourth-order valence-corrected chi connectivity index (χ4v) is 7.18. The van der Waals surface area contributed by atoms with Gasteiger partial charge in [0.25, 0.3) is 21.6 Å². The summed E-state index contributed by atoms with van der Waals surface area (Å²) < 4.78 is 27.7. The number of aryl methyl sites for hydroxylation is 1. The summed E-state index contributed by atoms with van der Waals surface area (Å²) in [5.74, 6) is -0.807. The molecule has 0 spiro atoms. The Bertz CT molecular complexity index is 1870. The Morgan fingerprint density at radius 2 is 1.80 bits per heavy atom. The smallest absolute Gasteiger partial charge is 0.293 e. The molecular weight excluding hydrogens is 602 g/mol. The number of nitrogens with one attached hydrogen (secondary N) is 1. The van der Waals surface area contributed by atoms with E-state index >= 15 is 0 Å². The lowest BCUT2D eigenvalue weighted by Crippen LogP contribution is -2.54. The van der Waals surface area contributed by atoms with Crippen LogP contribution >= 0.6 is 11.6 Å². The number of nitrogens with two attached hydrogens (primary N) is 1. The maximum atomic E-state index is 13.0. The number of piperazine rings is 1. The SMILES string of the molecule is Nc1ccc(S(=O)(=O)NC(=O)c2ccc3c(c2)CCC2CN(Cc4ccccc4-c4ccc(Cl)cc4)CCN32)cc1[N+](=O)[O-]. The quantitative estimate of drug-likeness (QED) is 0.160. The molecule has 12 heteroatoms. The minimum Gasteiger partial charge on any atom is -0.393 e. The molecule has 44 heavy (non-hydrogen) atoms. The van der Waals surface area contributed by atoms with Crippen LogP contribution in [-0.2, 0) is 23.0 Å². The third kappa shape index (κ3) is 5.99. The molecule has 0 radical (unpaired) electrons. The molecule has 10 nitrogen and oxygen atoms in total. The third-order valence-electron chi connectivity index (χ3n) is 8.27. The largest absolute Gasteiger partial charge is 0.393 e. The number of nitro benzene ring substituents is 1. The lowest BCUT2D eigenvalue weighted by Gasteiger charge is -2.46. The Labute approximate surface area is 260 Å². The molecule has 4 aromatic rings. The highest BCUT2D eigenvalue weighted by Crippen LogP contribution is 2.35. The van der Waals surface area contributed by atoms with E-state index in [1.807, 2.05) is 35.1 Å². The molecule has 0 aromatic heterocycles. The number of nitro groups is 1. The van der Waals surface area contributed by atoms with Crippen molar-refractivity contribution < 1.29 is 18.1 Å². The van der Waals surface area contributed by atoms with Crippen LogP contribution in [0.1, 0.15) is 27.9 Å². The van der Waals surface area contributed by atoms with E-state index in [4.69, 9.17) is 17.3 Å². The van der Waals surface area contributed by atoms with Crippen molar-refractivity contribution in [2.75, 3.05) is 30.3 Å². The molecule has 0 bridgehead atoms. The average Bonchev–Trinajstić information content (AvgIpc) is 3.01. The Balaban J connectivity index is 1.14. The molecule has 2 heterocycles. The Morgan fingerprint density at radius 3 is 2.57 bits per heavy atom. The van der Waals surface area contributed by atoms with E-state index in [0.29, 0.717) is 11.1 Å². The summed E-state index contributed by atoms with van der Waals surface area (Å²) in [6.45, 7) is 3.44. The second kappa shape index (κ2) is 11.9. The molecular formula is C32H30ClN5O5S. The Hall–Kier alpha value is -4.45. The number of hydrogen-bond donors (Lipinski definition) is 2. The zero-order valence-corrected chi connectivity index (χ0v) is 25.2. The van der Waals surface area contributed by atoms with Crippen LogP contribution in [0.5, 0.6) is 0 Å². The molecule has 1 unspecified atom stereocenters. The molecule has 3 N–H and O–H groups in total. The van der Waals surface area contributed by atoms with Gasteiger partial charge in [0.15, 0.2) is 0 Å². The molecule has 0 saturated carbocycles. The van der Waals surface area contributed by atoms with E-state index in [-0.39, 0.29) is 11.3 Å². The van der Waals surface area contributed by atoms with Crippen molar-refractivity contribution in [2.45, 2.75) is 30.3 Å². The second-order valence-electron chi connectivity index (χ2n) is 11.0. The van der Waals surface area contributed by atoms with Gasteiger partial charge in [-0.25, -0.2) is 13.1 Å². The van der Waals surface area contributed by atoms with Gasteiger partial charge in [0, 0.05) is 54.6 Å². The number of carbonyl (C=O) groups is 1. The van der Waals surface area contributed by atoms with Gasteiger partial charge >= 0.3 is 0 Å². The van der Waals surface area contributed by atoms with Crippen LogP contribution in [-0.4, -0.2) is 49.8 Å². The highest BCUT2D eigenvalue weighted by atomic mass is 35.5. The van der Waals surface area contributed by atoms with Crippen LogP contribution < -0.4 is 15.4 Å². The van der Waals surface area contributed by atoms with Gasteiger partial charge in [0.2, 0.25) is 0 Å². The summed E-state index contributed by atoms with van der Waals surface area (Å²) in [7, 11) is -4.36. The fourth-order valence-electron chi connectivity index (χ4n) is 6.06. The number of benzene rings is 4. The van der Waals surface area contributed by atoms with Crippen LogP contribution in [0.15, 0.2) is 89.8 Å². The van der Waals surface area contributed by atoms with Crippen molar-refractivity contribution in [3.05, 3.63) is 117 Å². The predicted molar refractivity (Wildman–Crippen MR) is 170 cm³/mol. The van der Waals surface area contributed by atoms with Crippen LogP contribution in [0.4, 0.5) is 17.1 Å². The number of nitrogens with zero attached hydrogens (tertiary/aromatic N) is 3. The number of hydrogen-bond acceptors (Lipinski definition) is 8. The van der Waals surface area contributed by atoms with Gasteiger partial charge < -0.3 is 10.6 Å². The summed E-state index contributed by atoms with van der Waals surface area (Å²) in [5.41, 5.74) is 10.7. The Kier molecular flexibility index (Phi) is 8.02. The van der Waals surface area contributed by atoms with Gasteiger partial charge in [-0.15, -0.1) is 0 Å². The lowest BCUT2D eigenvalue weighted by molar-refractivity contribution is -0.384. The summed E-state index contributed by atoms with van der Waals surface area (Å²) in [5, 5.41) is 11.9. The number of sulfonamides is 1. The van der Waals surface area contributed by atoms with Crippen molar-refractivity contribution in [1.82, 2.24) is 9.62 Å². The zero-order chi connectivity index (χ0) is 31.0. The standard InChI is InChI=1S/C32H30ClN5O5S/c33-25-9-5-21(6-10-25)28-4-2-1-3-24(28)19-36-15-16-37-26(20-36)11-7-22-17-23(8-14-30(22)37)32(39)35-44(42,43)27-12-13-29(34)31(18-27)38(40)41/h1-6,8-10,12-14,17-18,26H,7,11,15-16,19-20,34H2,(H,35,39). The highest BCUT2D eigenvalue weighted by molar-refractivity contribution is 7.90. The first-order chi connectivity index (χ1) is 21.1. The topological polar surface area (TPSA) is 139 Å². The zero-order valence-electron chi connectivity index (χ0n) is 23.6. The molecule has 6 rings (SSSR count). The van der Waals surface area contributed by atoms with Crippen molar-refractivity contribution in [3.63, 3.8) is 0 Å².